The van der Waals surface area contributed by atoms with Gasteiger partial charge in [0.15, 0.2) is 6.10 Å². The van der Waals surface area contributed by atoms with Gasteiger partial charge in [-0.2, -0.15) is 0 Å². The summed E-state index contributed by atoms with van der Waals surface area (Å²) in [4.78, 5) is 67.5. The molecule has 14 heteroatoms. The first-order valence-corrected chi connectivity index (χ1v) is 16.3. The number of nitrogens with one attached hydrogen (secondary N) is 1. The fourth-order valence-corrected chi connectivity index (χ4v) is 5.84. The molecule has 0 bridgehead atoms. The van der Waals surface area contributed by atoms with Crippen LogP contribution < -0.4 is 11.1 Å². The van der Waals surface area contributed by atoms with Crippen LogP contribution in [-0.4, -0.2) is 69.8 Å². The molecule has 2 aromatic rings. The molecule has 4 atom stereocenters. The summed E-state index contributed by atoms with van der Waals surface area (Å²) >= 11 is 1.17. The highest BCUT2D eigenvalue weighted by molar-refractivity contribution is 7.09. The maximum atomic E-state index is 13.4. The number of rotatable bonds is 18. The molecular formula is C32H47N5O8S. The second-order valence-electron chi connectivity index (χ2n) is 12.0. The van der Waals surface area contributed by atoms with Gasteiger partial charge in [0, 0.05) is 67.9 Å². The highest BCUT2D eigenvalue weighted by Gasteiger charge is 2.34. The number of amides is 2. The van der Waals surface area contributed by atoms with Crippen molar-refractivity contribution in [2.75, 3.05) is 13.7 Å². The maximum Gasteiger partial charge on any atom is 0.305 e. The topological polar surface area (TPSA) is 184 Å². The summed E-state index contributed by atoms with van der Waals surface area (Å²) in [6, 6.07) is 5.17. The largest absolute Gasteiger partial charge is 0.469 e. The van der Waals surface area contributed by atoms with Crippen molar-refractivity contribution in [1.29, 1.82) is 0 Å². The van der Waals surface area contributed by atoms with Crippen LogP contribution in [0.1, 0.15) is 101 Å². The second kappa shape index (κ2) is 17.7. The van der Waals surface area contributed by atoms with Gasteiger partial charge in [0.1, 0.15) is 10.7 Å². The van der Waals surface area contributed by atoms with Crippen LogP contribution in [0.2, 0.25) is 0 Å². The van der Waals surface area contributed by atoms with E-state index in [2.05, 4.69) is 10.3 Å². The second-order valence-corrected chi connectivity index (χ2v) is 12.9. The minimum absolute atomic E-state index is 0.0188. The number of methoxy groups -OCH3 is 1. The molecule has 254 valence electrons. The molecule has 0 spiro atoms. The number of hydrogen-bond acceptors (Lipinski definition) is 11. The van der Waals surface area contributed by atoms with E-state index >= 15 is 0 Å². The standard InChI is InChI=1S/C32H47N5O8S/c1-8-32(6,33)18-28(39)36(9-2)26(20(3)4)17-27(45-21(5)38)31-35-25(19-46-31)30(41)34-23(12-15-29(40)44-7)16-22-10-13-24(14-11-22)37(42)43/h10-11,13-14,19-20,23,26-27H,8-9,12,15-18,33H2,1-7H3,(H,34,41). The number of non-ortho nitro benzene ring substituents is 1. The first-order valence-electron chi connectivity index (χ1n) is 15.4. The van der Waals surface area contributed by atoms with Crippen LogP contribution in [-0.2, 0) is 30.3 Å². The van der Waals surface area contributed by atoms with Gasteiger partial charge in [-0.15, -0.1) is 11.3 Å². The van der Waals surface area contributed by atoms with Crippen LogP contribution in [0, 0.1) is 16.0 Å². The molecule has 0 saturated heterocycles. The number of nitro benzene ring substituents is 1. The van der Waals surface area contributed by atoms with E-state index in [4.69, 9.17) is 15.2 Å². The van der Waals surface area contributed by atoms with Crippen LogP contribution >= 0.6 is 11.3 Å². The molecule has 46 heavy (non-hydrogen) atoms. The van der Waals surface area contributed by atoms with Crippen molar-refractivity contribution in [1.82, 2.24) is 15.2 Å². The summed E-state index contributed by atoms with van der Waals surface area (Å²) in [6.45, 7) is 11.4. The van der Waals surface area contributed by atoms with Crippen LogP contribution in [0.15, 0.2) is 29.6 Å². The van der Waals surface area contributed by atoms with Crippen LogP contribution in [0.5, 0.6) is 0 Å². The molecule has 0 aliphatic carbocycles. The van der Waals surface area contributed by atoms with Crippen LogP contribution in [0.4, 0.5) is 5.69 Å². The average Bonchev–Trinajstić information content (AvgIpc) is 3.49. The van der Waals surface area contributed by atoms with Crippen molar-refractivity contribution < 1.29 is 33.6 Å². The maximum absolute atomic E-state index is 13.4. The Morgan fingerprint density at radius 3 is 2.35 bits per heavy atom. The highest BCUT2D eigenvalue weighted by atomic mass is 32.1. The predicted octanol–water partition coefficient (Wildman–Crippen LogP) is 4.73. The molecule has 0 aliphatic rings. The van der Waals surface area contributed by atoms with Crippen molar-refractivity contribution in [3.8, 4) is 0 Å². The molecule has 2 amide bonds. The lowest BCUT2D eigenvalue weighted by molar-refractivity contribution is -0.384. The Labute approximate surface area is 274 Å². The Bertz CT molecular complexity index is 1340. The number of aromatic nitrogens is 1. The van der Waals surface area contributed by atoms with E-state index in [0.717, 1.165) is 5.56 Å². The SMILES string of the molecule is CCN(C(=O)CC(C)(N)CC)C(CC(OC(C)=O)c1nc(C(=O)NC(CCC(=O)OC)Cc2ccc([N+](=O)[O-])cc2)cs1)C(C)C. The van der Waals surface area contributed by atoms with Gasteiger partial charge in [-0.3, -0.25) is 29.3 Å². The number of hydrogen-bond donors (Lipinski definition) is 2. The van der Waals surface area contributed by atoms with E-state index in [1.54, 1.807) is 22.4 Å². The van der Waals surface area contributed by atoms with E-state index in [1.807, 2.05) is 34.6 Å². The molecule has 1 aromatic heterocycles. The van der Waals surface area contributed by atoms with Crippen molar-refractivity contribution >= 4 is 40.8 Å². The molecule has 4 unspecified atom stereocenters. The predicted molar refractivity (Wildman–Crippen MR) is 174 cm³/mol. The molecular weight excluding hydrogens is 614 g/mol. The number of carbonyl (C=O) groups excluding carboxylic acids is 4. The molecule has 3 N–H and O–H groups in total. The van der Waals surface area contributed by atoms with Crippen molar-refractivity contribution in [3.63, 3.8) is 0 Å². The number of thiazole rings is 1. The lowest BCUT2D eigenvalue weighted by Crippen LogP contribution is -2.48. The first-order chi connectivity index (χ1) is 21.6. The Balaban J connectivity index is 2.29. The van der Waals surface area contributed by atoms with Gasteiger partial charge < -0.3 is 25.4 Å². The normalized spacial score (nSPS) is 14.5. The van der Waals surface area contributed by atoms with Crippen LogP contribution in [0.3, 0.4) is 0 Å². The van der Waals surface area contributed by atoms with E-state index < -0.39 is 40.5 Å². The molecule has 0 fully saturated rings. The van der Waals surface area contributed by atoms with Gasteiger partial charge in [-0.05, 0) is 44.6 Å². The Morgan fingerprint density at radius 1 is 1.17 bits per heavy atom. The number of nitrogens with zero attached hydrogens (tertiary/aromatic N) is 3. The highest BCUT2D eigenvalue weighted by Crippen LogP contribution is 2.31. The fraction of sp³-hybridized carbons (Fsp3) is 0.594. The van der Waals surface area contributed by atoms with Crippen molar-refractivity contribution in [2.24, 2.45) is 11.7 Å². The lowest BCUT2D eigenvalue weighted by atomic mass is 9.92. The monoisotopic (exact) mass is 661 g/mol. The number of carbonyl (C=O) groups is 4. The van der Waals surface area contributed by atoms with Gasteiger partial charge >= 0.3 is 11.9 Å². The quantitative estimate of drug-likeness (QED) is 0.129. The zero-order valence-electron chi connectivity index (χ0n) is 27.7. The van der Waals surface area contributed by atoms with Gasteiger partial charge in [-0.1, -0.05) is 32.9 Å². The first kappa shape index (κ1) is 38.3. The Morgan fingerprint density at radius 2 is 1.83 bits per heavy atom. The van der Waals surface area contributed by atoms with E-state index in [1.165, 1.54) is 37.5 Å². The lowest BCUT2D eigenvalue weighted by Gasteiger charge is -2.37. The minimum Gasteiger partial charge on any atom is -0.469 e. The third kappa shape index (κ3) is 11.8. The fourth-order valence-electron chi connectivity index (χ4n) is 5.00. The summed E-state index contributed by atoms with van der Waals surface area (Å²) in [5.74, 6) is -1.51. The smallest absolute Gasteiger partial charge is 0.305 e. The minimum atomic E-state index is -0.802. The molecule has 0 saturated carbocycles. The number of benzene rings is 1. The Hall–Kier alpha value is -3.91. The summed E-state index contributed by atoms with van der Waals surface area (Å²) in [6.07, 6.45) is 0.919. The van der Waals surface area contributed by atoms with Gasteiger partial charge in [0.2, 0.25) is 5.91 Å². The van der Waals surface area contributed by atoms with E-state index in [9.17, 15) is 29.3 Å². The average molecular weight is 662 g/mol. The number of nitro groups is 1. The molecule has 1 aromatic carbocycles. The molecule has 0 aliphatic heterocycles. The molecule has 13 nitrogen and oxygen atoms in total. The summed E-state index contributed by atoms with van der Waals surface area (Å²) in [7, 11) is 1.28. The van der Waals surface area contributed by atoms with Gasteiger partial charge in [-0.25, -0.2) is 4.98 Å². The third-order valence-electron chi connectivity index (χ3n) is 7.88. The number of ether oxygens (including phenoxy) is 2. The van der Waals surface area contributed by atoms with Gasteiger partial charge in [0.05, 0.1) is 12.0 Å². The number of nitrogens with two attached hydrogens (primary N) is 1. The van der Waals surface area contributed by atoms with Crippen molar-refractivity contribution in [2.45, 2.75) is 104 Å². The van der Waals surface area contributed by atoms with Gasteiger partial charge in [0.25, 0.3) is 11.6 Å². The van der Waals surface area contributed by atoms with Crippen molar-refractivity contribution in [3.05, 3.63) is 56.0 Å². The zero-order valence-corrected chi connectivity index (χ0v) is 28.6. The summed E-state index contributed by atoms with van der Waals surface area (Å²) < 4.78 is 10.4. The summed E-state index contributed by atoms with van der Waals surface area (Å²) in [5, 5.41) is 15.9. The molecule has 1 heterocycles. The number of esters is 2. The summed E-state index contributed by atoms with van der Waals surface area (Å²) in [5.41, 5.74) is 6.44. The van der Waals surface area contributed by atoms with E-state index in [0.29, 0.717) is 24.4 Å². The van der Waals surface area contributed by atoms with E-state index in [-0.39, 0.29) is 54.9 Å². The molecule has 2 rings (SSSR count). The third-order valence-corrected chi connectivity index (χ3v) is 8.81. The zero-order chi connectivity index (χ0) is 34.6. The Kier molecular flexibility index (Phi) is 14.7. The van der Waals surface area contributed by atoms with Crippen LogP contribution in [0.25, 0.3) is 0 Å². The molecule has 0 radical (unpaired) electrons.